The second-order valence-corrected chi connectivity index (χ2v) is 12.6. The van der Waals surface area contributed by atoms with Crippen LogP contribution in [-0.4, -0.2) is 81.6 Å². The van der Waals surface area contributed by atoms with Crippen molar-refractivity contribution >= 4 is 16.0 Å². The number of rotatable bonds is 15. The molecule has 0 amide bonds. The number of carboxylic acid groups (broad SMARTS) is 1. The molecule has 41 heavy (non-hydrogen) atoms. The quantitative estimate of drug-likeness (QED) is 0.299. The van der Waals surface area contributed by atoms with Crippen LogP contribution in [0.4, 0.5) is 0 Å². The Bertz CT molecular complexity index is 1300. The summed E-state index contributed by atoms with van der Waals surface area (Å²) >= 11 is 0. The lowest BCUT2D eigenvalue weighted by molar-refractivity contribution is -0.143. The number of ether oxygens (including phenoxy) is 4. The lowest BCUT2D eigenvalue weighted by Crippen LogP contribution is -2.40. The molecule has 3 atom stereocenters. The van der Waals surface area contributed by atoms with E-state index in [-0.39, 0.29) is 25.0 Å². The van der Waals surface area contributed by atoms with Crippen LogP contribution >= 0.6 is 0 Å². The average Bonchev–Trinajstić information content (AvgIpc) is 3.59. The molecule has 1 N–H and O–H groups in total. The van der Waals surface area contributed by atoms with E-state index in [1.165, 1.54) is 0 Å². The zero-order chi connectivity index (χ0) is 29.6. The Morgan fingerprint density at radius 3 is 2.39 bits per heavy atom. The number of unbranched alkanes of at least 4 members (excludes halogenated alkanes) is 2. The summed E-state index contributed by atoms with van der Waals surface area (Å²) in [4.78, 5) is 15.0. The molecule has 2 aromatic carbocycles. The Morgan fingerprint density at radius 2 is 1.71 bits per heavy atom. The molecule has 4 rings (SSSR count). The van der Waals surface area contributed by atoms with E-state index in [2.05, 4.69) is 4.90 Å². The fourth-order valence-corrected chi connectivity index (χ4v) is 7.57. The van der Waals surface area contributed by atoms with Gasteiger partial charge in [-0.2, -0.15) is 0 Å². The first kappa shape index (κ1) is 30.9. The summed E-state index contributed by atoms with van der Waals surface area (Å²) < 4.78 is 50.0. The fraction of sp³-hybridized carbons (Fsp3) is 0.567. The minimum absolute atomic E-state index is 0.123. The molecule has 226 valence electrons. The van der Waals surface area contributed by atoms with Crippen LogP contribution in [0, 0.1) is 5.92 Å². The zero-order valence-corrected chi connectivity index (χ0v) is 25.2. The highest BCUT2D eigenvalue weighted by molar-refractivity contribution is 7.89. The van der Waals surface area contributed by atoms with Crippen LogP contribution < -0.4 is 18.9 Å². The molecule has 2 aliphatic rings. The number of hydrogen-bond acceptors (Lipinski definition) is 8. The van der Waals surface area contributed by atoms with Gasteiger partial charge in [0.25, 0.3) is 0 Å². The van der Waals surface area contributed by atoms with E-state index < -0.39 is 28.0 Å². The summed E-state index contributed by atoms with van der Waals surface area (Å²) in [6.07, 6.45) is 3.14. The van der Waals surface area contributed by atoms with Crippen LogP contribution in [0.15, 0.2) is 36.4 Å². The molecular formula is C30H42N2O8S. The Balaban J connectivity index is 1.69. The molecular weight excluding hydrogens is 548 g/mol. The van der Waals surface area contributed by atoms with Crippen molar-refractivity contribution in [2.24, 2.45) is 5.92 Å². The molecule has 11 heteroatoms. The van der Waals surface area contributed by atoms with Gasteiger partial charge in [-0.3, -0.25) is 9.69 Å². The van der Waals surface area contributed by atoms with E-state index in [0.717, 1.165) is 24.0 Å². The Morgan fingerprint density at radius 1 is 0.976 bits per heavy atom. The predicted octanol–water partition coefficient (Wildman–Crippen LogP) is 4.51. The number of fused-ring (bicyclic) bond motifs is 1. The van der Waals surface area contributed by atoms with Gasteiger partial charge in [-0.25, -0.2) is 12.7 Å². The van der Waals surface area contributed by atoms with Crippen molar-refractivity contribution < 1.29 is 37.3 Å². The number of nitrogens with zero attached hydrogens (tertiary/aromatic N) is 2. The highest BCUT2D eigenvalue weighted by Crippen LogP contribution is 2.48. The van der Waals surface area contributed by atoms with Crippen LogP contribution in [0.25, 0.3) is 0 Å². The second kappa shape index (κ2) is 13.8. The van der Waals surface area contributed by atoms with Gasteiger partial charge in [-0.05, 0) is 48.2 Å². The van der Waals surface area contributed by atoms with E-state index >= 15 is 0 Å². The number of sulfonamides is 1. The summed E-state index contributed by atoms with van der Waals surface area (Å²) in [5.74, 6) is 0.328. The third-order valence-electron chi connectivity index (χ3n) is 7.97. The van der Waals surface area contributed by atoms with Crippen molar-refractivity contribution in [1.82, 2.24) is 9.21 Å². The maximum absolute atomic E-state index is 13.2. The largest absolute Gasteiger partial charge is 0.493 e. The number of benzene rings is 2. The number of carboxylic acids is 1. The third kappa shape index (κ3) is 6.90. The van der Waals surface area contributed by atoms with Gasteiger partial charge in [0, 0.05) is 38.1 Å². The van der Waals surface area contributed by atoms with Gasteiger partial charge in [0.2, 0.25) is 16.8 Å². The maximum Gasteiger partial charge on any atom is 0.309 e. The topological polar surface area (TPSA) is 115 Å². The van der Waals surface area contributed by atoms with Crippen molar-refractivity contribution in [2.75, 3.05) is 52.9 Å². The lowest BCUT2D eigenvalue weighted by atomic mass is 9.82. The van der Waals surface area contributed by atoms with E-state index in [1.807, 2.05) is 44.2 Å². The maximum atomic E-state index is 13.2. The summed E-state index contributed by atoms with van der Waals surface area (Å²) in [7, 11) is -0.329. The van der Waals surface area contributed by atoms with E-state index in [4.69, 9.17) is 18.9 Å². The number of methoxy groups -OCH3 is 2. The minimum atomic E-state index is -3.43. The van der Waals surface area contributed by atoms with Crippen LogP contribution in [0.1, 0.15) is 62.6 Å². The highest BCUT2D eigenvalue weighted by Gasteiger charge is 2.48. The first-order valence-electron chi connectivity index (χ1n) is 14.3. The predicted molar refractivity (Wildman–Crippen MR) is 155 cm³/mol. The molecule has 2 aromatic rings. The Labute approximate surface area is 243 Å². The van der Waals surface area contributed by atoms with Gasteiger partial charge >= 0.3 is 5.97 Å². The van der Waals surface area contributed by atoms with Gasteiger partial charge in [0.1, 0.15) is 0 Å². The molecule has 2 aliphatic heterocycles. The molecule has 0 aliphatic carbocycles. The molecule has 0 saturated carbocycles. The first-order chi connectivity index (χ1) is 19.7. The molecule has 10 nitrogen and oxygen atoms in total. The molecule has 1 fully saturated rings. The monoisotopic (exact) mass is 590 g/mol. The normalized spacial score (nSPS) is 20.5. The van der Waals surface area contributed by atoms with Crippen molar-refractivity contribution in [1.29, 1.82) is 0 Å². The van der Waals surface area contributed by atoms with Crippen molar-refractivity contribution in [3.63, 3.8) is 0 Å². The summed E-state index contributed by atoms with van der Waals surface area (Å²) in [6.45, 7) is 5.68. The minimum Gasteiger partial charge on any atom is -0.493 e. The Hall–Kier alpha value is -3.02. The molecule has 0 radical (unpaired) electrons. The molecule has 2 heterocycles. The number of likely N-dealkylation sites (tertiary alicyclic amines) is 1. The zero-order valence-electron chi connectivity index (χ0n) is 24.4. The van der Waals surface area contributed by atoms with E-state index in [1.54, 1.807) is 24.6 Å². The van der Waals surface area contributed by atoms with E-state index in [9.17, 15) is 18.3 Å². The average molecular weight is 591 g/mol. The molecule has 0 spiro atoms. The summed E-state index contributed by atoms with van der Waals surface area (Å²) in [5, 5.41) is 10.6. The Kier molecular flexibility index (Phi) is 10.4. The van der Waals surface area contributed by atoms with Crippen LogP contribution in [0.5, 0.6) is 23.0 Å². The summed E-state index contributed by atoms with van der Waals surface area (Å²) in [6, 6.07) is 10.5. The van der Waals surface area contributed by atoms with Crippen molar-refractivity contribution in [3.8, 4) is 23.0 Å². The lowest BCUT2D eigenvalue weighted by Gasteiger charge is -2.30. The van der Waals surface area contributed by atoms with Crippen molar-refractivity contribution in [2.45, 2.75) is 51.5 Å². The fourth-order valence-electron chi connectivity index (χ4n) is 5.92. The molecule has 0 unspecified atom stereocenters. The third-order valence-corrected chi connectivity index (χ3v) is 9.92. The van der Waals surface area contributed by atoms with Gasteiger partial charge in [-0.1, -0.05) is 38.8 Å². The first-order valence-corrected chi connectivity index (χ1v) is 15.9. The standard InChI is InChI=1S/C30H42N2O8S/c1-5-7-8-16-41(35,36)32(13-6-2)15-14-31-19-23(21-9-12-25-27(17-21)40-20-39-25)28(30(33)34)29(31)22-10-11-24(37-3)26(18-22)38-4/h9-12,17-18,23,28-29H,5-8,13-16,19-20H2,1-4H3,(H,33,34)/t23-,28+,29-/m1/s1. The number of aliphatic carboxylic acids is 1. The van der Waals surface area contributed by atoms with Crippen molar-refractivity contribution in [3.05, 3.63) is 47.5 Å². The van der Waals surface area contributed by atoms with Gasteiger partial charge in [0.15, 0.2) is 23.0 Å². The van der Waals surface area contributed by atoms with Gasteiger partial charge in [0.05, 0.1) is 25.9 Å². The number of hydrogen-bond donors (Lipinski definition) is 1. The highest BCUT2D eigenvalue weighted by atomic mass is 32.2. The van der Waals surface area contributed by atoms with Crippen LogP contribution in [0.2, 0.25) is 0 Å². The van der Waals surface area contributed by atoms with Crippen LogP contribution in [0.3, 0.4) is 0 Å². The van der Waals surface area contributed by atoms with Gasteiger partial charge < -0.3 is 24.1 Å². The van der Waals surface area contributed by atoms with Crippen LogP contribution in [-0.2, 0) is 14.8 Å². The molecule has 1 saturated heterocycles. The smallest absolute Gasteiger partial charge is 0.309 e. The van der Waals surface area contributed by atoms with Gasteiger partial charge in [-0.15, -0.1) is 0 Å². The number of carbonyl (C=O) groups is 1. The SMILES string of the molecule is CCCCCS(=O)(=O)N(CCC)CCN1C[C@H](c2ccc3c(c2)OCO3)[C@H](C(=O)O)[C@H]1c1ccc(OC)c(OC)c1. The van der Waals surface area contributed by atoms with E-state index in [0.29, 0.717) is 55.5 Å². The summed E-state index contributed by atoms with van der Waals surface area (Å²) in [5.41, 5.74) is 1.61. The molecule has 0 bridgehead atoms. The molecule has 0 aromatic heterocycles. The second-order valence-electron chi connectivity index (χ2n) is 10.6.